The molecular weight excluding hydrogens is 192 g/mol. The summed E-state index contributed by atoms with van der Waals surface area (Å²) >= 11 is 0. The van der Waals surface area contributed by atoms with Crippen LogP contribution in [0.2, 0.25) is 0 Å². The molecule has 0 heterocycles. The number of likely N-dealkylation sites (N-methyl/N-ethyl adjacent to an activating group) is 2. The van der Waals surface area contributed by atoms with Crippen LogP contribution in [0, 0.1) is 5.41 Å². The zero-order chi connectivity index (χ0) is 12.2. The van der Waals surface area contributed by atoms with Gasteiger partial charge in [0.05, 0.1) is 0 Å². The lowest BCUT2D eigenvalue weighted by Gasteiger charge is -2.36. The molecule has 0 saturated heterocycles. The van der Waals surface area contributed by atoms with Gasteiger partial charge in [-0.25, -0.2) is 0 Å². The van der Waals surface area contributed by atoms with Gasteiger partial charge in [-0.3, -0.25) is 4.79 Å². The molecule has 0 bridgehead atoms. The van der Waals surface area contributed by atoms with Crippen LogP contribution in [0.5, 0.6) is 0 Å². The third-order valence-electron chi connectivity index (χ3n) is 3.03. The van der Waals surface area contributed by atoms with Gasteiger partial charge in [-0.15, -0.1) is 0 Å². The summed E-state index contributed by atoms with van der Waals surface area (Å²) in [4.78, 5) is 12.9. The molecule has 0 aliphatic rings. The van der Waals surface area contributed by atoms with Gasteiger partial charge in [-0.1, -0.05) is 20.8 Å². The minimum Gasteiger partial charge on any atom is -0.480 e. The van der Waals surface area contributed by atoms with Gasteiger partial charge in [0.2, 0.25) is 0 Å². The average molecular weight is 216 g/mol. The Hall–Kier alpha value is -0.610. The van der Waals surface area contributed by atoms with E-state index in [4.69, 9.17) is 5.11 Å². The topological polar surface area (TPSA) is 52.6 Å². The van der Waals surface area contributed by atoms with Crippen molar-refractivity contribution in [1.82, 2.24) is 10.2 Å². The molecule has 90 valence electrons. The number of hydrogen-bond donors (Lipinski definition) is 2. The van der Waals surface area contributed by atoms with E-state index in [-0.39, 0.29) is 5.41 Å². The fourth-order valence-electron chi connectivity index (χ4n) is 1.40. The Kier molecular flexibility index (Phi) is 5.24. The third-order valence-corrected chi connectivity index (χ3v) is 3.03. The standard InChI is InChI=1S/C11H24N2O2/c1-8(11(2,3)4)13(6)7-9(12-5)10(14)15/h8-9,12H,7H2,1-6H3,(H,14,15). The first-order chi connectivity index (χ1) is 6.70. The maximum absolute atomic E-state index is 10.8. The number of nitrogens with zero attached hydrogens (tertiary/aromatic N) is 1. The van der Waals surface area contributed by atoms with Gasteiger partial charge in [-0.05, 0) is 26.4 Å². The van der Waals surface area contributed by atoms with Crippen molar-refractivity contribution < 1.29 is 9.90 Å². The quantitative estimate of drug-likeness (QED) is 0.720. The van der Waals surface area contributed by atoms with Crippen molar-refractivity contribution in [3.05, 3.63) is 0 Å². The molecule has 0 radical (unpaired) electrons. The molecule has 0 saturated carbocycles. The van der Waals surface area contributed by atoms with Gasteiger partial charge in [0.15, 0.2) is 0 Å². The molecule has 15 heavy (non-hydrogen) atoms. The number of aliphatic carboxylic acids is 1. The minimum absolute atomic E-state index is 0.158. The summed E-state index contributed by atoms with van der Waals surface area (Å²) in [5, 5.41) is 11.7. The summed E-state index contributed by atoms with van der Waals surface area (Å²) in [7, 11) is 3.64. The number of nitrogens with one attached hydrogen (secondary N) is 1. The number of hydrogen-bond acceptors (Lipinski definition) is 3. The summed E-state index contributed by atoms with van der Waals surface area (Å²) < 4.78 is 0. The number of rotatable bonds is 5. The normalized spacial score (nSPS) is 16.5. The Bertz CT molecular complexity index is 211. The predicted molar refractivity (Wildman–Crippen MR) is 62.0 cm³/mol. The largest absolute Gasteiger partial charge is 0.480 e. The first-order valence-electron chi connectivity index (χ1n) is 5.30. The van der Waals surface area contributed by atoms with Crippen molar-refractivity contribution in [2.75, 3.05) is 20.6 Å². The molecule has 0 aromatic rings. The minimum atomic E-state index is -0.801. The molecule has 0 amide bonds. The first-order valence-corrected chi connectivity index (χ1v) is 5.30. The molecule has 0 aromatic carbocycles. The molecular formula is C11H24N2O2. The fraction of sp³-hybridized carbons (Fsp3) is 0.909. The van der Waals surface area contributed by atoms with Gasteiger partial charge in [0.1, 0.15) is 6.04 Å². The van der Waals surface area contributed by atoms with Crippen LogP contribution in [0.25, 0.3) is 0 Å². The van der Waals surface area contributed by atoms with Gasteiger partial charge < -0.3 is 15.3 Å². The lowest BCUT2D eigenvalue weighted by Crippen LogP contribution is -2.49. The van der Waals surface area contributed by atoms with Crippen LogP contribution < -0.4 is 5.32 Å². The monoisotopic (exact) mass is 216 g/mol. The van der Waals surface area contributed by atoms with E-state index in [2.05, 4.69) is 37.9 Å². The van der Waals surface area contributed by atoms with Crippen LogP contribution in [0.3, 0.4) is 0 Å². The van der Waals surface area contributed by atoms with E-state index in [1.54, 1.807) is 7.05 Å². The summed E-state index contributed by atoms with van der Waals surface area (Å²) in [5.41, 5.74) is 0.158. The van der Waals surface area contributed by atoms with Crippen LogP contribution in [0.15, 0.2) is 0 Å². The molecule has 0 rings (SSSR count). The highest BCUT2D eigenvalue weighted by Crippen LogP contribution is 2.22. The van der Waals surface area contributed by atoms with E-state index in [0.717, 1.165) is 0 Å². The van der Waals surface area contributed by atoms with Crippen molar-refractivity contribution in [2.45, 2.75) is 39.8 Å². The lowest BCUT2D eigenvalue weighted by molar-refractivity contribution is -0.140. The molecule has 0 fully saturated rings. The molecule has 0 spiro atoms. The van der Waals surface area contributed by atoms with E-state index < -0.39 is 12.0 Å². The zero-order valence-corrected chi connectivity index (χ0v) is 10.7. The zero-order valence-electron chi connectivity index (χ0n) is 10.7. The second-order valence-corrected chi connectivity index (χ2v) is 5.16. The Morgan fingerprint density at radius 3 is 2.20 bits per heavy atom. The van der Waals surface area contributed by atoms with Gasteiger partial charge in [-0.2, -0.15) is 0 Å². The molecule has 0 aromatic heterocycles. The summed E-state index contributed by atoms with van der Waals surface area (Å²) in [6.45, 7) is 9.11. The van der Waals surface area contributed by atoms with Crippen LogP contribution in [-0.2, 0) is 4.79 Å². The highest BCUT2D eigenvalue weighted by molar-refractivity contribution is 5.73. The highest BCUT2D eigenvalue weighted by Gasteiger charge is 2.26. The van der Waals surface area contributed by atoms with Gasteiger partial charge in [0.25, 0.3) is 0 Å². The summed E-state index contributed by atoms with van der Waals surface area (Å²) in [6, 6.07) is -0.160. The Morgan fingerprint density at radius 2 is 1.93 bits per heavy atom. The maximum Gasteiger partial charge on any atom is 0.322 e. The van der Waals surface area contributed by atoms with Crippen LogP contribution >= 0.6 is 0 Å². The third kappa shape index (κ3) is 4.62. The van der Waals surface area contributed by atoms with Crippen molar-refractivity contribution in [3.8, 4) is 0 Å². The van der Waals surface area contributed by atoms with E-state index in [1.165, 1.54) is 0 Å². The SMILES string of the molecule is CNC(CN(C)C(C)C(C)(C)C)C(=O)O. The van der Waals surface area contributed by atoms with Crippen LogP contribution in [-0.4, -0.2) is 48.7 Å². The summed E-state index contributed by atoms with van der Waals surface area (Å²) in [6.07, 6.45) is 0. The number of carbonyl (C=O) groups is 1. The van der Waals surface area contributed by atoms with Gasteiger partial charge in [0, 0.05) is 12.6 Å². The van der Waals surface area contributed by atoms with E-state index in [1.807, 2.05) is 7.05 Å². The Morgan fingerprint density at radius 1 is 1.47 bits per heavy atom. The molecule has 2 unspecified atom stereocenters. The number of carboxylic acids is 1. The number of carboxylic acid groups (broad SMARTS) is 1. The average Bonchev–Trinajstić information content (AvgIpc) is 2.10. The second-order valence-electron chi connectivity index (χ2n) is 5.16. The Balaban J connectivity index is 4.34. The van der Waals surface area contributed by atoms with Crippen molar-refractivity contribution in [2.24, 2.45) is 5.41 Å². The molecule has 0 aliphatic carbocycles. The summed E-state index contributed by atoms with van der Waals surface area (Å²) in [5.74, 6) is -0.801. The van der Waals surface area contributed by atoms with Crippen LogP contribution in [0.4, 0.5) is 0 Å². The molecule has 0 aliphatic heterocycles. The molecule has 2 N–H and O–H groups in total. The van der Waals surface area contributed by atoms with E-state index in [0.29, 0.717) is 12.6 Å². The van der Waals surface area contributed by atoms with E-state index >= 15 is 0 Å². The maximum atomic E-state index is 10.8. The van der Waals surface area contributed by atoms with Gasteiger partial charge >= 0.3 is 5.97 Å². The van der Waals surface area contributed by atoms with E-state index in [9.17, 15) is 4.79 Å². The lowest BCUT2D eigenvalue weighted by atomic mass is 9.87. The van der Waals surface area contributed by atoms with Crippen molar-refractivity contribution in [1.29, 1.82) is 0 Å². The first kappa shape index (κ1) is 14.4. The van der Waals surface area contributed by atoms with Crippen LogP contribution in [0.1, 0.15) is 27.7 Å². The fourth-order valence-corrected chi connectivity index (χ4v) is 1.40. The Labute approximate surface area is 92.7 Å². The molecule has 4 nitrogen and oxygen atoms in total. The molecule has 2 atom stereocenters. The van der Waals surface area contributed by atoms with Crippen molar-refractivity contribution >= 4 is 5.97 Å². The smallest absolute Gasteiger partial charge is 0.322 e. The second kappa shape index (κ2) is 5.47. The molecule has 4 heteroatoms. The highest BCUT2D eigenvalue weighted by atomic mass is 16.4. The predicted octanol–water partition coefficient (Wildman–Crippen LogP) is 1.03. The van der Waals surface area contributed by atoms with Crippen molar-refractivity contribution in [3.63, 3.8) is 0 Å².